The Bertz CT molecular complexity index is 2870. The SMILES string of the molecule is c1ccc(-c2ccc(-c3nc(-c4ccc5c(c4)-c4ccccc4C54CCCC4)nc(-c4ccc5c(c4)oc4cccc(-c6ccccc6)c45)n3)cc2)cc1. The van der Waals surface area contributed by atoms with Crippen molar-refractivity contribution in [3.63, 3.8) is 0 Å². The Morgan fingerprint density at radius 3 is 1.70 bits per heavy atom. The molecular formula is C50H35N3O. The van der Waals surface area contributed by atoms with Crippen LogP contribution in [0.2, 0.25) is 0 Å². The van der Waals surface area contributed by atoms with Crippen molar-refractivity contribution in [3.8, 4) is 67.5 Å². The number of fused-ring (bicyclic) bond motifs is 8. The Morgan fingerprint density at radius 1 is 0.389 bits per heavy atom. The van der Waals surface area contributed by atoms with Gasteiger partial charge in [-0.2, -0.15) is 0 Å². The van der Waals surface area contributed by atoms with E-state index in [4.69, 9.17) is 19.4 Å². The molecule has 0 N–H and O–H groups in total. The Labute approximate surface area is 313 Å². The maximum atomic E-state index is 6.52. The van der Waals surface area contributed by atoms with Crippen LogP contribution in [0, 0.1) is 0 Å². The third kappa shape index (κ3) is 4.87. The lowest BCUT2D eigenvalue weighted by atomic mass is 9.77. The van der Waals surface area contributed by atoms with E-state index in [2.05, 4.69) is 146 Å². The van der Waals surface area contributed by atoms with Crippen molar-refractivity contribution in [2.24, 2.45) is 0 Å². The predicted molar refractivity (Wildman–Crippen MR) is 219 cm³/mol. The molecule has 9 aromatic rings. The second kappa shape index (κ2) is 12.2. The Morgan fingerprint density at radius 2 is 0.944 bits per heavy atom. The third-order valence-electron chi connectivity index (χ3n) is 11.7. The molecule has 0 aliphatic heterocycles. The molecule has 0 bridgehead atoms. The average molecular weight is 694 g/mol. The van der Waals surface area contributed by atoms with Crippen molar-refractivity contribution < 1.29 is 4.42 Å². The molecular weight excluding hydrogens is 659 g/mol. The topological polar surface area (TPSA) is 51.8 Å². The lowest BCUT2D eigenvalue weighted by molar-refractivity contribution is 0.550. The minimum Gasteiger partial charge on any atom is -0.456 e. The summed E-state index contributed by atoms with van der Waals surface area (Å²) < 4.78 is 6.52. The maximum Gasteiger partial charge on any atom is 0.164 e. The van der Waals surface area contributed by atoms with Gasteiger partial charge in [-0.15, -0.1) is 0 Å². The number of aromatic nitrogens is 3. The highest BCUT2D eigenvalue weighted by Gasteiger charge is 2.44. The molecule has 2 aliphatic carbocycles. The summed E-state index contributed by atoms with van der Waals surface area (Å²) in [7, 11) is 0. The summed E-state index contributed by atoms with van der Waals surface area (Å²) >= 11 is 0. The predicted octanol–water partition coefficient (Wildman–Crippen LogP) is 12.9. The van der Waals surface area contributed by atoms with E-state index in [0.717, 1.165) is 55.3 Å². The van der Waals surface area contributed by atoms with Gasteiger partial charge in [0.25, 0.3) is 0 Å². The van der Waals surface area contributed by atoms with Crippen molar-refractivity contribution in [1.29, 1.82) is 0 Å². The summed E-state index contributed by atoms with van der Waals surface area (Å²) in [6.45, 7) is 0. The molecule has 11 rings (SSSR count). The summed E-state index contributed by atoms with van der Waals surface area (Å²) in [4.78, 5) is 15.5. The summed E-state index contributed by atoms with van der Waals surface area (Å²) in [5.41, 5.74) is 14.8. The van der Waals surface area contributed by atoms with Crippen molar-refractivity contribution >= 4 is 21.9 Å². The second-order valence-corrected chi connectivity index (χ2v) is 14.7. The van der Waals surface area contributed by atoms with Gasteiger partial charge in [-0.3, -0.25) is 0 Å². The zero-order valence-electron chi connectivity index (χ0n) is 29.7. The van der Waals surface area contributed by atoms with Gasteiger partial charge < -0.3 is 4.42 Å². The van der Waals surface area contributed by atoms with Crippen LogP contribution in [0.1, 0.15) is 36.8 Å². The monoisotopic (exact) mass is 693 g/mol. The molecule has 4 heteroatoms. The van der Waals surface area contributed by atoms with Gasteiger partial charge >= 0.3 is 0 Å². The molecule has 7 aromatic carbocycles. The fourth-order valence-corrected chi connectivity index (χ4v) is 9.15. The molecule has 1 saturated carbocycles. The van der Waals surface area contributed by atoms with Crippen molar-refractivity contribution in [2.75, 3.05) is 0 Å². The van der Waals surface area contributed by atoms with Crippen LogP contribution in [-0.4, -0.2) is 15.0 Å². The standard InChI is InChI=1S/C50H35N3O/c1-3-12-32(13-4-1)33-20-22-35(23-21-33)47-51-48(36-25-27-43-41(30-36)39-16-7-8-18-42(39)50(43)28-9-10-29-50)53-49(52-47)37-24-26-40-45(31-37)54-44-19-11-17-38(46(40)44)34-14-5-2-6-15-34/h1-8,11-27,30-31H,9-10,28-29H2. The first kappa shape index (κ1) is 30.9. The lowest BCUT2D eigenvalue weighted by Crippen LogP contribution is -2.20. The maximum absolute atomic E-state index is 6.52. The van der Waals surface area contributed by atoms with Crippen LogP contribution in [-0.2, 0) is 5.41 Å². The zero-order chi connectivity index (χ0) is 35.6. The van der Waals surface area contributed by atoms with E-state index in [1.165, 1.54) is 53.5 Å². The fourth-order valence-electron chi connectivity index (χ4n) is 9.15. The summed E-state index contributed by atoms with van der Waals surface area (Å²) in [6.07, 6.45) is 4.93. The minimum atomic E-state index is 0.114. The van der Waals surface area contributed by atoms with Gasteiger partial charge in [-0.1, -0.05) is 152 Å². The Hall–Kier alpha value is -6.65. The molecule has 0 radical (unpaired) electrons. The highest BCUT2D eigenvalue weighted by atomic mass is 16.3. The van der Waals surface area contributed by atoms with Gasteiger partial charge in [0, 0.05) is 32.9 Å². The van der Waals surface area contributed by atoms with Crippen LogP contribution in [0.15, 0.2) is 168 Å². The summed E-state index contributed by atoms with van der Waals surface area (Å²) in [6, 6.07) is 57.9. The van der Waals surface area contributed by atoms with E-state index in [0.29, 0.717) is 17.5 Å². The third-order valence-corrected chi connectivity index (χ3v) is 11.7. The highest BCUT2D eigenvalue weighted by Crippen LogP contribution is 2.57. The van der Waals surface area contributed by atoms with Gasteiger partial charge in [0.1, 0.15) is 11.2 Å². The van der Waals surface area contributed by atoms with Gasteiger partial charge in [0.15, 0.2) is 17.5 Å². The van der Waals surface area contributed by atoms with Crippen LogP contribution in [0.5, 0.6) is 0 Å². The van der Waals surface area contributed by atoms with Gasteiger partial charge in [-0.05, 0) is 81.6 Å². The van der Waals surface area contributed by atoms with Crippen molar-refractivity contribution in [2.45, 2.75) is 31.1 Å². The van der Waals surface area contributed by atoms with Crippen molar-refractivity contribution in [1.82, 2.24) is 15.0 Å². The molecule has 2 heterocycles. The Balaban J connectivity index is 1.07. The molecule has 0 amide bonds. The first-order valence-corrected chi connectivity index (χ1v) is 18.9. The van der Waals surface area contributed by atoms with Crippen LogP contribution in [0.3, 0.4) is 0 Å². The van der Waals surface area contributed by atoms with Crippen LogP contribution in [0.4, 0.5) is 0 Å². The molecule has 2 aromatic heterocycles. The smallest absolute Gasteiger partial charge is 0.164 e. The van der Waals surface area contributed by atoms with Crippen molar-refractivity contribution in [3.05, 3.63) is 175 Å². The van der Waals surface area contributed by atoms with E-state index in [1.807, 2.05) is 18.2 Å². The number of nitrogens with zero attached hydrogens (tertiary/aromatic N) is 3. The van der Waals surface area contributed by atoms with E-state index < -0.39 is 0 Å². The van der Waals surface area contributed by atoms with E-state index >= 15 is 0 Å². The molecule has 1 spiro atoms. The Kier molecular flexibility index (Phi) is 6.99. The summed E-state index contributed by atoms with van der Waals surface area (Å²) in [5.74, 6) is 1.91. The van der Waals surface area contributed by atoms with Crippen LogP contribution in [0.25, 0.3) is 89.5 Å². The van der Waals surface area contributed by atoms with Gasteiger partial charge in [-0.25, -0.2) is 15.0 Å². The largest absolute Gasteiger partial charge is 0.456 e. The summed E-state index contributed by atoms with van der Waals surface area (Å²) in [5, 5.41) is 2.18. The molecule has 1 fully saturated rings. The number of rotatable bonds is 5. The number of hydrogen-bond acceptors (Lipinski definition) is 4. The normalized spacial score (nSPS) is 14.1. The average Bonchev–Trinajstić information content (AvgIpc) is 3.96. The van der Waals surface area contributed by atoms with Gasteiger partial charge in [0.05, 0.1) is 0 Å². The fraction of sp³-hybridized carbons (Fsp3) is 0.100. The number of furan rings is 1. The number of hydrogen-bond donors (Lipinski definition) is 0. The first-order chi connectivity index (χ1) is 26.7. The lowest BCUT2D eigenvalue weighted by Gasteiger charge is -2.26. The molecule has 0 unspecified atom stereocenters. The number of benzene rings is 7. The quantitative estimate of drug-likeness (QED) is 0.180. The molecule has 4 nitrogen and oxygen atoms in total. The minimum absolute atomic E-state index is 0.114. The van der Waals surface area contributed by atoms with E-state index in [-0.39, 0.29) is 5.41 Å². The zero-order valence-corrected chi connectivity index (χ0v) is 29.7. The van der Waals surface area contributed by atoms with Crippen LogP contribution < -0.4 is 0 Å². The second-order valence-electron chi connectivity index (χ2n) is 14.7. The molecule has 0 saturated heterocycles. The van der Waals surface area contributed by atoms with E-state index in [9.17, 15) is 0 Å². The first-order valence-electron chi connectivity index (χ1n) is 18.9. The van der Waals surface area contributed by atoms with Crippen LogP contribution >= 0.6 is 0 Å². The molecule has 0 atom stereocenters. The molecule has 256 valence electrons. The molecule has 54 heavy (non-hydrogen) atoms. The van der Waals surface area contributed by atoms with E-state index in [1.54, 1.807) is 0 Å². The van der Waals surface area contributed by atoms with Gasteiger partial charge in [0.2, 0.25) is 0 Å². The molecule has 2 aliphatic rings. The highest BCUT2D eigenvalue weighted by molar-refractivity contribution is 6.13.